The number of nitro benzene ring substituents is 1. The maximum Gasteiger partial charge on any atom is 0.415 e. The summed E-state index contributed by atoms with van der Waals surface area (Å²) in [4.78, 5) is 45.8. The third-order valence-corrected chi connectivity index (χ3v) is 9.45. The number of hydrogen-bond donors (Lipinski definition) is 1. The number of nitrogens with zero attached hydrogens (tertiary/aromatic N) is 5. The van der Waals surface area contributed by atoms with Gasteiger partial charge in [-0.1, -0.05) is 6.07 Å². The van der Waals surface area contributed by atoms with Gasteiger partial charge >= 0.3 is 6.09 Å². The molecule has 0 radical (unpaired) electrons. The average molecular weight is 703 g/mol. The van der Waals surface area contributed by atoms with Gasteiger partial charge in [0, 0.05) is 36.2 Å². The molecule has 48 heavy (non-hydrogen) atoms. The highest BCUT2D eigenvalue weighted by atomic mass is 32.2. The molecule has 0 unspecified atom stereocenters. The Bertz CT molecular complexity index is 1920. The standard InChI is InChI=1S/C31H32F2N6O7S2/c1-6-46-31(41)38(18-22-24(32)8-7-9-25(22)33)30-27(29(40)35-20-12-15-26(34-16-20)37(4)48(5,44)45)23(17-36(2)3)28(47-30)19-10-13-21(14-11-19)39(42)43/h7-16H,6,17-18H2,1-5H3,(H,35,40). The van der Waals surface area contributed by atoms with Crippen molar-refractivity contribution < 1.29 is 36.4 Å². The van der Waals surface area contributed by atoms with Crippen LogP contribution in [-0.2, 0) is 27.8 Å². The summed E-state index contributed by atoms with van der Waals surface area (Å²) in [5.74, 6) is -2.45. The van der Waals surface area contributed by atoms with E-state index in [2.05, 4.69) is 10.3 Å². The number of anilines is 3. The predicted molar refractivity (Wildman–Crippen MR) is 179 cm³/mol. The van der Waals surface area contributed by atoms with E-state index in [1.54, 1.807) is 25.9 Å². The van der Waals surface area contributed by atoms with Crippen molar-refractivity contribution in [1.29, 1.82) is 0 Å². The number of benzene rings is 2. The number of ether oxygens (including phenoxy) is 1. The van der Waals surface area contributed by atoms with E-state index in [0.29, 0.717) is 16.0 Å². The third-order valence-electron chi connectivity index (χ3n) is 6.97. The number of nitro groups is 1. The molecule has 2 aromatic carbocycles. The molecule has 1 N–H and O–H groups in total. The fourth-order valence-electron chi connectivity index (χ4n) is 4.58. The maximum absolute atomic E-state index is 14.9. The Morgan fingerprint density at radius 1 is 1.00 bits per heavy atom. The Labute approximate surface area is 279 Å². The molecule has 254 valence electrons. The summed E-state index contributed by atoms with van der Waals surface area (Å²) in [6.45, 7) is 0.987. The van der Waals surface area contributed by atoms with Crippen LogP contribution in [0.5, 0.6) is 0 Å². The van der Waals surface area contributed by atoms with Gasteiger partial charge in [0.05, 0.1) is 41.8 Å². The first kappa shape index (κ1) is 35.8. The van der Waals surface area contributed by atoms with E-state index in [9.17, 15) is 36.9 Å². The first-order chi connectivity index (χ1) is 22.6. The smallest absolute Gasteiger partial charge is 0.415 e. The van der Waals surface area contributed by atoms with E-state index in [4.69, 9.17) is 4.74 Å². The summed E-state index contributed by atoms with van der Waals surface area (Å²) in [5.41, 5.74) is 0.450. The number of hydrogen-bond acceptors (Lipinski definition) is 10. The summed E-state index contributed by atoms with van der Waals surface area (Å²) in [5, 5.41) is 14.1. The highest BCUT2D eigenvalue weighted by molar-refractivity contribution is 7.92. The lowest BCUT2D eigenvalue weighted by atomic mass is 10.0. The Morgan fingerprint density at radius 2 is 1.65 bits per heavy atom. The van der Waals surface area contributed by atoms with Gasteiger partial charge in [-0.15, -0.1) is 11.3 Å². The fraction of sp³-hybridized carbons (Fsp3) is 0.258. The summed E-state index contributed by atoms with van der Waals surface area (Å²) >= 11 is 0.971. The van der Waals surface area contributed by atoms with Gasteiger partial charge < -0.3 is 15.0 Å². The number of aromatic nitrogens is 1. The van der Waals surface area contributed by atoms with Gasteiger partial charge in [0.15, 0.2) is 0 Å². The second kappa shape index (κ2) is 14.8. The number of pyridine rings is 1. The minimum absolute atomic E-state index is 0.000180. The van der Waals surface area contributed by atoms with Gasteiger partial charge in [-0.2, -0.15) is 0 Å². The van der Waals surface area contributed by atoms with Crippen molar-refractivity contribution in [3.05, 3.63) is 99.2 Å². The number of nitrogens with one attached hydrogen (secondary N) is 1. The van der Waals surface area contributed by atoms with Crippen LogP contribution in [0, 0.1) is 21.7 Å². The lowest BCUT2D eigenvalue weighted by Crippen LogP contribution is -2.33. The Balaban J connectivity index is 1.93. The van der Waals surface area contributed by atoms with Crippen molar-refractivity contribution in [3.8, 4) is 10.4 Å². The van der Waals surface area contributed by atoms with Crippen molar-refractivity contribution >= 4 is 55.6 Å². The number of sulfonamides is 1. The van der Waals surface area contributed by atoms with E-state index in [0.717, 1.165) is 38.9 Å². The number of halogens is 2. The van der Waals surface area contributed by atoms with Crippen LogP contribution in [0.4, 0.5) is 35.8 Å². The van der Waals surface area contributed by atoms with Crippen LogP contribution in [0.15, 0.2) is 60.8 Å². The van der Waals surface area contributed by atoms with Crippen LogP contribution >= 0.6 is 11.3 Å². The molecule has 4 aromatic rings. The highest BCUT2D eigenvalue weighted by Crippen LogP contribution is 2.44. The predicted octanol–water partition coefficient (Wildman–Crippen LogP) is 5.87. The number of carbonyl (C=O) groups is 2. The third kappa shape index (κ3) is 8.10. The SMILES string of the molecule is CCOC(=O)N(Cc1c(F)cccc1F)c1sc(-c2ccc([N+](=O)[O-])cc2)c(CN(C)C)c1C(=O)Nc1ccc(N(C)S(C)(=O)=O)nc1. The van der Waals surface area contributed by atoms with Gasteiger partial charge in [0.25, 0.3) is 11.6 Å². The van der Waals surface area contributed by atoms with E-state index < -0.39 is 50.7 Å². The Hall–Kier alpha value is -5.00. The average Bonchev–Trinajstić information content (AvgIpc) is 3.38. The van der Waals surface area contributed by atoms with Crippen molar-refractivity contribution in [2.75, 3.05) is 48.5 Å². The quantitative estimate of drug-likeness (QED) is 0.141. The van der Waals surface area contributed by atoms with Gasteiger partial charge in [-0.25, -0.2) is 27.0 Å². The zero-order valence-electron chi connectivity index (χ0n) is 26.6. The molecule has 2 aromatic heterocycles. The zero-order chi connectivity index (χ0) is 35.3. The van der Waals surface area contributed by atoms with E-state index >= 15 is 0 Å². The molecule has 0 atom stereocenters. The maximum atomic E-state index is 14.9. The molecule has 4 rings (SSSR count). The normalized spacial score (nSPS) is 11.3. The first-order valence-electron chi connectivity index (χ1n) is 14.3. The lowest BCUT2D eigenvalue weighted by Gasteiger charge is -2.23. The van der Waals surface area contributed by atoms with Crippen LogP contribution in [0.2, 0.25) is 0 Å². The zero-order valence-corrected chi connectivity index (χ0v) is 28.2. The minimum atomic E-state index is -3.60. The van der Waals surface area contributed by atoms with Crippen LogP contribution in [0.1, 0.15) is 28.4 Å². The van der Waals surface area contributed by atoms with Crippen molar-refractivity contribution in [2.45, 2.75) is 20.0 Å². The molecule has 0 bridgehead atoms. The number of rotatable bonds is 12. The Kier molecular flexibility index (Phi) is 11.1. The van der Waals surface area contributed by atoms with E-state index in [1.807, 2.05) is 0 Å². The molecule has 0 aliphatic rings. The molecule has 2 heterocycles. The number of amides is 2. The highest BCUT2D eigenvalue weighted by Gasteiger charge is 2.33. The summed E-state index contributed by atoms with van der Waals surface area (Å²) in [6.07, 6.45) is 1.29. The molecule has 0 saturated heterocycles. The van der Waals surface area contributed by atoms with Gasteiger partial charge in [-0.3, -0.25) is 24.1 Å². The summed E-state index contributed by atoms with van der Waals surface area (Å²) in [7, 11) is 1.21. The molecule has 13 nitrogen and oxygen atoms in total. The monoisotopic (exact) mass is 702 g/mol. The summed E-state index contributed by atoms with van der Waals surface area (Å²) in [6, 6.07) is 11.7. The van der Waals surface area contributed by atoms with Crippen LogP contribution < -0.4 is 14.5 Å². The van der Waals surface area contributed by atoms with Crippen LogP contribution in [0.3, 0.4) is 0 Å². The first-order valence-corrected chi connectivity index (χ1v) is 16.9. The molecule has 17 heteroatoms. The summed E-state index contributed by atoms with van der Waals surface area (Å²) < 4.78 is 59.9. The Morgan fingerprint density at radius 3 is 2.17 bits per heavy atom. The lowest BCUT2D eigenvalue weighted by molar-refractivity contribution is -0.384. The van der Waals surface area contributed by atoms with Crippen molar-refractivity contribution in [1.82, 2.24) is 9.88 Å². The topological polar surface area (TPSA) is 155 Å². The van der Waals surface area contributed by atoms with E-state index in [1.165, 1.54) is 55.7 Å². The van der Waals surface area contributed by atoms with Crippen LogP contribution in [-0.4, -0.2) is 69.2 Å². The molecule has 0 spiro atoms. The van der Waals surface area contributed by atoms with Gasteiger partial charge in [-0.05, 0) is 68.5 Å². The molecule has 0 fully saturated rings. The molecule has 0 aliphatic carbocycles. The largest absolute Gasteiger partial charge is 0.449 e. The molecule has 2 amide bonds. The van der Waals surface area contributed by atoms with Crippen molar-refractivity contribution in [2.24, 2.45) is 0 Å². The van der Waals surface area contributed by atoms with E-state index in [-0.39, 0.29) is 40.9 Å². The fourth-order valence-corrected chi connectivity index (χ4v) is 6.33. The van der Waals surface area contributed by atoms with Crippen molar-refractivity contribution in [3.63, 3.8) is 0 Å². The molecule has 0 aliphatic heterocycles. The van der Waals surface area contributed by atoms with Crippen LogP contribution in [0.25, 0.3) is 10.4 Å². The molecular formula is C31H32F2N6O7S2. The minimum Gasteiger partial charge on any atom is -0.449 e. The van der Waals surface area contributed by atoms with Gasteiger partial charge in [0.2, 0.25) is 10.0 Å². The molecule has 0 saturated carbocycles. The second-order valence-corrected chi connectivity index (χ2v) is 13.7. The van der Waals surface area contributed by atoms with Gasteiger partial charge in [0.1, 0.15) is 22.5 Å². The number of thiophene rings is 1. The number of non-ortho nitro benzene ring substituents is 1. The second-order valence-electron chi connectivity index (χ2n) is 10.7. The molecular weight excluding hydrogens is 671 g/mol. The number of carbonyl (C=O) groups excluding carboxylic acids is 2.